The summed E-state index contributed by atoms with van der Waals surface area (Å²) in [4.78, 5) is 24.9. The first-order chi connectivity index (χ1) is 16.7. The Balaban J connectivity index is 1.22. The summed E-state index contributed by atoms with van der Waals surface area (Å²) in [6.07, 6.45) is 3.41. The largest absolute Gasteiger partial charge is 0.343 e. The summed E-state index contributed by atoms with van der Waals surface area (Å²) in [5.74, 6) is 0.0633. The molecule has 1 N–H and O–H groups in total. The zero-order chi connectivity index (χ0) is 23.3. The first-order valence-corrected chi connectivity index (χ1v) is 12.1. The summed E-state index contributed by atoms with van der Waals surface area (Å²) in [6.45, 7) is 2.56. The van der Waals surface area contributed by atoms with Crippen LogP contribution in [0.3, 0.4) is 0 Å². The number of hydrogen-bond acceptors (Lipinski definition) is 4. The zero-order valence-electron chi connectivity index (χ0n) is 18.9. The molecular formula is C28H27ClN4O. The van der Waals surface area contributed by atoms with E-state index in [2.05, 4.69) is 33.4 Å². The molecule has 5 rings (SSSR count). The molecule has 0 aliphatic carbocycles. The molecule has 0 saturated carbocycles. The smallest absolute Gasteiger partial charge is 0.224 e. The van der Waals surface area contributed by atoms with Gasteiger partial charge in [0.2, 0.25) is 5.91 Å². The van der Waals surface area contributed by atoms with Gasteiger partial charge in [-0.05, 0) is 67.9 Å². The zero-order valence-corrected chi connectivity index (χ0v) is 19.7. The van der Waals surface area contributed by atoms with Crippen molar-refractivity contribution in [3.8, 4) is 0 Å². The molecule has 1 fully saturated rings. The van der Waals surface area contributed by atoms with Crippen molar-refractivity contribution in [3.63, 3.8) is 0 Å². The van der Waals surface area contributed by atoms with Crippen molar-refractivity contribution in [3.05, 3.63) is 107 Å². The molecule has 4 aromatic rings. The lowest BCUT2D eigenvalue weighted by molar-refractivity contribution is -0.127. The number of fused-ring (bicyclic) bond motifs is 1. The molecular weight excluding hydrogens is 444 g/mol. The number of carbonyl (C=O) groups excluding carboxylic acids is 1. The third-order valence-electron chi connectivity index (χ3n) is 6.47. The summed E-state index contributed by atoms with van der Waals surface area (Å²) in [7, 11) is 0. The Hall–Kier alpha value is -3.28. The standard InChI is InChI=1S/C28H27ClN4O/c29-23-11-8-21(9-12-23)27(26-7-3-4-16-30-26)32-28(34)22-14-17-33(18-15-22)19-24-13-10-20-5-1-2-6-25(20)31-24/h1-13,16,22,27H,14-15,17-19H2,(H,32,34). The van der Waals surface area contributed by atoms with Crippen LogP contribution in [0.25, 0.3) is 10.9 Å². The average molecular weight is 471 g/mol. The average Bonchev–Trinajstić information content (AvgIpc) is 2.89. The Kier molecular flexibility index (Phi) is 6.84. The van der Waals surface area contributed by atoms with Gasteiger partial charge in [-0.2, -0.15) is 0 Å². The number of halogens is 1. The Bertz CT molecular complexity index is 1250. The number of hydrogen-bond donors (Lipinski definition) is 1. The number of rotatable bonds is 6. The minimum Gasteiger partial charge on any atom is -0.343 e. The van der Waals surface area contributed by atoms with Crippen molar-refractivity contribution >= 4 is 28.4 Å². The maximum absolute atomic E-state index is 13.2. The van der Waals surface area contributed by atoms with Gasteiger partial charge in [0, 0.05) is 29.1 Å². The highest BCUT2D eigenvalue weighted by atomic mass is 35.5. The minimum absolute atomic E-state index is 0.0145. The predicted molar refractivity (Wildman–Crippen MR) is 135 cm³/mol. The van der Waals surface area contributed by atoms with E-state index in [1.165, 1.54) is 0 Å². The first-order valence-electron chi connectivity index (χ1n) is 11.7. The van der Waals surface area contributed by atoms with Crippen LogP contribution in [0.15, 0.2) is 85.1 Å². The van der Waals surface area contributed by atoms with Gasteiger partial charge in [-0.1, -0.05) is 54.1 Å². The molecule has 2 aromatic heterocycles. The van der Waals surface area contributed by atoms with Gasteiger partial charge in [0.25, 0.3) is 0 Å². The van der Waals surface area contributed by atoms with Crippen LogP contribution in [0.2, 0.25) is 5.02 Å². The van der Waals surface area contributed by atoms with Gasteiger partial charge in [0.15, 0.2) is 0 Å². The number of carbonyl (C=O) groups is 1. The quantitative estimate of drug-likeness (QED) is 0.410. The van der Waals surface area contributed by atoms with Crippen LogP contribution < -0.4 is 5.32 Å². The van der Waals surface area contributed by atoms with Gasteiger partial charge in [-0.3, -0.25) is 19.7 Å². The Labute approximate surface area is 204 Å². The lowest BCUT2D eigenvalue weighted by atomic mass is 9.94. The van der Waals surface area contributed by atoms with E-state index in [0.29, 0.717) is 5.02 Å². The molecule has 1 saturated heterocycles. The van der Waals surface area contributed by atoms with E-state index in [1.54, 1.807) is 6.20 Å². The van der Waals surface area contributed by atoms with Gasteiger partial charge < -0.3 is 5.32 Å². The summed E-state index contributed by atoms with van der Waals surface area (Å²) in [5, 5.41) is 5.07. The van der Waals surface area contributed by atoms with Crippen molar-refractivity contribution in [1.82, 2.24) is 20.2 Å². The maximum atomic E-state index is 13.2. The van der Waals surface area contributed by atoms with Crippen LogP contribution in [0.1, 0.15) is 35.8 Å². The lowest BCUT2D eigenvalue weighted by Gasteiger charge is -2.32. The summed E-state index contributed by atoms with van der Waals surface area (Å²) >= 11 is 6.08. The molecule has 3 heterocycles. The molecule has 1 amide bonds. The van der Waals surface area contributed by atoms with Gasteiger partial charge in [-0.15, -0.1) is 0 Å². The fraction of sp³-hybridized carbons (Fsp3) is 0.250. The molecule has 5 nitrogen and oxygen atoms in total. The van der Waals surface area contributed by atoms with Crippen molar-refractivity contribution in [2.24, 2.45) is 5.92 Å². The number of amides is 1. The molecule has 0 bridgehead atoms. The highest BCUT2D eigenvalue weighted by Crippen LogP contribution is 2.25. The molecule has 172 valence electrons. The van der Waals surface area contributed by atoms with Gasteiger partial charge in [0.1, 0.15) is 0 Å². The fourth-order valence-corrected chi connectivity index (χ4v) is 4.69. The number of pyridine rings is 2. The second kappa shape index (κ2) is 10.3. The number of para-hydroxylation sites is 1. The molecule has 1 unspecified atom stereocenters. The monoisotopic (exact) mass is 470 g/mol. The predicted octanol–water partition coefficient (Wildman–Crippen LogP) is 5.40. The van der Waals surface area contributed by atoms with E-state index >= 15 is 0 Å². The molecule has 0 radical (unpaired) electrons. The van der Waals surface area contributed by atoms with Crippen LogP contribution in [0, 0.1) is 5.92 Å². The molecule has 0 spiro atoms. The first kappa shape index (κ1) is 22.5. The number of nitrogens with one attached hydrogen (secondary N) is 1. The highest BCUT2D eigenvalue weighted by molar-refractivity contribution is 6.30. The third-order valence-corrected chi connectivity index (χ3v) is 6.73. The Morgan fingerprint density at radius 2 is 1.74 bits per heavy atom. The molecule has 1 aliphatic heterocycles. The lowest BCUT2D eigenvalue weighted by Crippen LogP contribution is -2.41. The van der Waals surface area contributed by atoms with Crippen LogP contribution in [-0.2, 0) is 11.3 Å². The van der Waals surface area contributed by atoms with Crippen LogP contribution in [-0.4, -0.2) is 33.9 Å². The topological polar surface area (TPSA) is 58.1 Å². The molecule has 6 heteroatoms. The van der Waals surface area contributed by atoms with Gasteiger partial charge in [0.05, 0.1) is 22.9 Å². The third kappa shape index (κ3) is 5.27. The molecule has 34 heavy (non-hydrogen) atoms. The van der Waals surface area contributed by atoms with Crippen LogP contribution in [0.4, 0.5) is 0 Å². The van der Waals surface area contributed by atoms with E-state index in [4.69, 9.17) is 16.6 Å². The SMILES string of the molecule is O=C(NC(c1ccc(Cl)cc1)c1ccccn1)C1CCN(Cc2ccc3ccccc3n2)CC1. The van der Waals surface area contributed by atoms with Crippen molar-refractivity contribution < 1.29 is 4.79 Å². The van der Waals surface area contributed by atoms with Gasteiger partial charge >= 0.3 is 0 Å². The summed E-state index contributed by atoms with van der Waals surface area (Å²) < 4.78 is 0. The van der Waals surface area contributed by atoms with E-state index in [9.17, 15) is 4.79 Å². The highest BCUT2D eigenvalue weighted by Gasteiger charge is 2.28. The molecule has 2 aromatic carbocycles. The fourth-order valence-electron chi connectivity index (χ4n) is 4.57. The number of piperidine rings is 1. The van der Waals surface area contributed by atoms with Crippen LogP contribution >= 0.6 is 11.6 Å². The maximum Gasteiger partial charge on any atom is 0.224 e. The van der Waals surface area contributed by atoms with Crippen molar-refractivity contribution in [1.29, 1.82) is 0 Å². The van der Waals surface area contributed by atoms with Crippen LogP contribution in [0.5, 0.6) is 0 Å². The molecule has 1 aliphatic rings. The molecule has 1 atom stereocenters. The van der Waals surface area contributed by atoms with Gasteiger partial charge in [-0.25, -0.2) is 0 Å². The number of nitrogens with zero attached hydrogens (tertiary/aromatic N) is 3. The van der Waals surface area contributed by atoms with E-state index in [0.717, 1.165) is 60.3 Å². The number of benzene rings is 2. The minimum atomic E-state index is -0.300. The number of likely N-dealkylation sites (tertiary alicyclic amines) is 1. The Morgan fingerprint density at radius 3 is 2.50 bits per heavy atom. The van der Waals surface area contributed by atoms with E-state index < -0.39 is 0 Å². The Morgan fingerprint density at radius 1 is 0.971 bits per heavy atom. The normalized spacial score (nSPS) is 15.8. The van der Waals surface area contributed by atoms with E-state index in [-0.39, 0.29) is 17.9 Å². The second-order valence-corrected chi connectivity index (χ2v) is 9.23. The summed E-state index contributed by atoms with van der Waals surface area (Å²) in [5.41, 5.74) is 3.88. The van der Waals surface area contributed by atoms with E-state index in [1.807, 2.05) is 60.7 Å². The second-order valence-electron chi connectivity index (χ2n) is 8.79. The van der Waals surface area contributed by atoms with Crippen molar-refractivity contribution in [2.45, 2.75) is 25.4 Å². The summed E-state index contributed by atoms with van der Waals surface area (Å²) in [6, 6.07) is 25.5. The van der Waals surface area contributed by atoms with Crippen molar-refractivity contribution in [2.75, 3.05) is 13.1 Å². The number of aromatic nitrogens is 2.